The van der Waals surface area contributed by atoms with Gasteiger partial charge in [-0.15, -0.1) is 10.2 Å². The predicted molar refractivity (Wildman–Crippen MR) is 92.0 cm³/mol. The Bertz CT molecular complexity index is 947. The summed E-state index contributed by atoms with van der Waals surface area (Å²) >= 11 is 3.41. The highest BCUT2D eigenvalue weighted by atomic mass is 79.9. The minimum absolute atomic E-state index is 0.403. The average Bonchev–Trinajstić information content (AvgIpc) is 3.27. The summed E-state index contributed by atoms with van der Waals surface area (Å²) in [6.45, 7) is 0.403. The number of benzene rings is 2. The van der Waals surface area contributed by atoms with Crippen LogP contribution in [0.4, 0.5) is 0 Å². The molecule has 6 nitrogen and oxygen atoms in total. The van der Waals surface area contributed by atoms with Crippen molar-refractivity contribution in [3.05, 3.63) is 70.8 Å². The second-order valence-electron chi connectivity index (χ2n) is 5.20. The van der Waals surface area contributed by atoms with Gasteiger partial charge in [0.05, 0.1) is 0 Å². The molecule has 2 aromatic heterocycles. The Labute approximate surface area is 146 Å². The van der Waals surface area contributed by atoms with Crippen molar-refractivity contribution < 1.29 is 4.52 Å². The fourth-order valence-electron chi connectivity index (χ4n) is 2.29. The minimum Gasteiger partial charge on any atom is -0.356 e. The van der Waals surface area contributed by atoms with Crippen molar-refractivity contribution in [1.82, 2.24) is 25.4 Å². The number of aromatic nitrogens is 5. The molecule has 2 aromatic carbocycles. The molecular formula is C17H12BrN5O. The lowest BCUT2D eigenvalue weighted by Gasteiger charge is -1.95. The van der Waals surface area contributed by atoms with Crippen molar-refractivity contribution in [1.29, 1.82) is 0 Å². The summed E-state index contributed by atoms with van der Waals surface area (Å²) in [7, 11) is 0. The van der Waals surface area contributed by atoms with Gasteiger partial charge in [0.1, 0.15) is 12.2 Å². The van der Waals surface area contributed by atoms with Crippen LogP contribution in [0.3, 0.4) is 0 Å². The van der Waals surface area contributed by atoms with Gasteiger partial charge < -0.3 is 4.52 Å². The second kappa shape index (κ2) is 6.37. The third-order valence-electron chi connectivity index (χ3n) is 3.48. The van der Waals surface area contributed by atoms with Crippen LogP contribution in [0, 0.1) is 0 Å². The molecule has 4 aromatic rings. The molecule has 0 saturated heterocycles. The number of halogens is 1. The van der Waals surface area contributed by atoms with Crippen molar-refractivity contribution in [3.8, 4) is 22.7 Å². The Balaban J connectivity index is 1.52. The number of hydrogen-bond donors (Lipinski definition) is 0. The molecule has 0 aliphatic carbocycles. The molecule has 24 heavy (non-hydrogen) atoms. The fraction of sp³-hybridized carbons (Fsp3) is 0.0588. The van der Waals surface area contributed by atoms with Crippen LogP contribution in [0.25, 0.3) is 22.7 Å². The van der Waals surface area contributed by atoms with E-state index >= 15 is 0 Å². The van der Waals surface area contributed by atoms with Gasteiger partial charge in [-0.25, -0.2) is 0 Å². The van der Waals surface area contributed by atoms with Crippen LogP contribution in [0.5, 0.6) is 0 Å². The van der Waals surface area contributed by atoms with E-state index in [9.17, 15) is 0 Å². The Morgan fingerprint density at radius 3 is 2.54 bits per heavy atom. The topological polar surface area (TPSA) is 69.6 Å². The van der Waals surface area contributed by atoms with Gasteiger partial charge in [-0.3, -0.25) is 0 Å². The largest absolute Gasteiger partial charge is 0.356 e. The van der Waals surface area contributed by atoms with Crippen LogP contribution >= 0.6 is 15.9 Å². The van der Waals surface area contributed by atoms with E-state index in [-0.39, 0.29) is 0 Å². The molecule has 0 atom stereocenters. The summed E-state index contributed by atoms with van der Waals surface area (Å²) < 4.78 is 6.39. The molecule has 0 radical (unpaired) electrons. The predicted octanol–water partition coefficient (Wildman–Crippen LogP) is 3.81. The van der Waals surface area contributed by atoms with E-state index in [4.69, 9.17) is 4.52 Å². The van der Waals surface area contributed by atoms with Gasteiger partial charge >= 0.3 is 0 Å². The van der Waals surface area contributed by atoms with Gasteiger partial charge in [0, 0.05) is 21.7 Å². The van der Waals surface area contributed by atoms with Crippen molar-refractivity contribution in [3.63, 3.8) is 0 Å². The monoisotopic (exact) mass is 381 g/mol. The molecule has 118 valence electrons. The standard InChI is InChI=1S/C17H12BrN5O/c18-14-8-6-13(7-9-14)17-19-22-23(20-17)11-15-10-16(24-21-15)12-4-2-1-3-5-12/h1-10H,11H2. The fourth-order valence-corrected chi connectivity index (χ4v) is 2.56. The van der Waals surface area contributed by atoms with Crippen molar-refractivity contribution in [2.75, 3.05) is 0 Å². The number of tetrazole rings is 1. The molecule has 0 aliphatic heterocycles. The number of rotatable bonds is 4. The molecule has 0 saturated carbocycles. The summed E-state index contributed by atoms with van der Waals surface area (Å²) in [5.41, 5.74) is 2.64. The Hall–Kier alpha value is -2.80. The highest BCUT2D eigenvalue weighted by Crippen LogP contribution is 2.20. The maximum absolute atomic E-state index is 5.38. The van der Waals surface area contributed by atoms with Crippen LogP contribution < -0.4 is 0 Å². The van der Waals surface area contributed by atoms with Crippen LogP contribution in [0.1, 0.15) is 5.69 Å². The summed E-state index contributed by atoms with van der Waals surface area (Å²) in [6.07, 6.45) is 0. The lowest BCUT2D eigenvalue weighted by Crippen LogP contribution is -2.04. The molecule has 0 spiro atoms. The summed E-state index contributed by atoms with van der Waals surface area (Å²) in [5, 5.41) is 16.6. The molecule has 0 fully saturated rings. The quantitative estimate of drug-likeness (QED) is 0.537. The molecule has 4 rings (SSSR count). The summed E-state index contributed by atoms with van der Waals surface area (Å²) in [5.74, 6) is 1.30. The first-order valence-corrected chi connectivity index (χ1v) is 8.12. The molecule has 0 aliphatic rings. The van der Waals surface area contributed by atoms with E-state index in [2.05, 4.69) is 36.5 Å². The zero-order chi connectivity index (χ0) is 16.4. The van der Waals surface area contributed by atoms with E-state index in [1.165, 1.54) is 4.80 Å². The van der Waals surface area contributed by atoms with Crippen LogP contribution in [-0.4, -0.2) is 25.4 Å². The number of nitrogens with zero attached hydrogens (tertiary/aromatic N) is 5. The third-order valence-corrected chi connectivity index (χ3v) is 4.00. The zero-order valence-electron chi connectivity index (χ0n) is 12.5. The van der Waals surface area contributed by atoms with E-state index in [1.54, 1.807) is 0 Å². The SMILES string of the molecule is Brc1ccc(-c2nnn(Cc3cc(-c4ccccc4)on3)n2)cc1. The van der Waals surface area contributed by atoms with Gasteiger partial charge in [-0.2, -0.15) is 4.80 Å². The molecule has 7 heteroatoms. The maximum atomic E-state index is 5.38. The first-order chi connectivity index (χ1) is 11.8. The van der Waals surface area contributed by atoms with Crippen LogP contribution in [0.15, 0.2) is 69.7 Å². The molecule has 0 amide bonds. The van der Waals surface area contributed by atoms with Gasteiger partial charge in [0.15, 0.2) is 5.76 Å². The smallest absolute Gasteiger partial charge is 0.204 e. The lowest BCUT2D eigenvalue weighted by atomic mass is 10.2. The minimum atomic E-state index is 0.403. The highest BCUT2D eigenvalue weighted by Gasteiger charge is 2.10. The summed E-state index contributed by atoms with van der Waals surface area (Å²) in [6, 6.07) is 19.5. The first-order valence-electron chi connectivity index (χ1n) is 7.33. The van der Waals surface area contributed by atoms with Gasteiger partial charge in [0.25, 0.3) is 0 Å². The molecule has 2 heterocycles. The van der Waals surface area contributed by atoms with Gasteiger partial charge in [0.2, 0.25) is 5.82 Å². The van der Waals surface area contributed by atoms with Crippen LogP contribution in [0.2, 0.25) is 0 Å². The van der Waals surface area contributed by atoms with Gasteiger partial charge in [-0.05, 0) is 29.5 Å². The number of hydrogen-bond acceptors (Lipinski definition) is 5. The molecule has 0 bridgehead atoms. The third kappa shape index (κ3) is 3.11. The highest BCUT2D eigenvalue weighted by molar-refractivity contribution is 9.10. The Morgan fingerprint density at radius 1 is 0.958 bits per heavy atom. The van der Waals surface area contributed by atoms with Crippen molar-refractivity contribution in [2.45, 2.75) is 6.54 Å². The maximum Gasteiger partial charge on any atom is 0.204 e. The van der Waals surface area contributed by atoms with E-state index in [0.29, 0.717) is 12.4 Å². The average molecular weight is 382 g/mol. The van der Waals surface area contributed by atoms with E-state index < -0.39 is 0 Å². The molecule has 0 unspecified atom stereocenters. The van der Waals surface area contributed by atoms with Crippen molar-refractivity contribution >= 4 is 15.9 Å². The van der Waals surface area contributed by atoms with Gasteiger partial charge in [-0.1, -0.05) is 51.4 Å². The van der Waals surface area contributed by atoms with Crippen molar-refractivity contribution in [2.24, 2.45) is 0 Å². The van der Waals surface area contributed by atoms with E-state index in [1.807, 2.05) is 60.7 Å². The van der Waals surface area contributed by atoms with E-state index in [0.717, 1.165) is 27.1 Å². The normalized spacial score (nSPS) is 10.9. The summed E-state index contributed by atoms with van der Waals surface area (Å²) in [4.78, 5) is 1.50. The Morgan fingerprint density at radius 2 is 1.75 bits per heavy atom. The zero-order valence-corrected chi connectivity index (χ0v) is 14.1. The molecule has 0 N–H and O–H groups in total. The van der Waals surface area contributed by atoms with Crippen LogP contribution in [-0.2, 0) is 6.54 Å². The second-order valence-corrected chi connectivity index (χ2v) is 6.11. The lowest BCUT2D eigenvalue weighted by molar-refractivity contribution is 0.415. The Kier molecular flexibility index (Phi) is 3.92. The first kappa shape index (κ1) is 14.8. The molecular weight excluding hydrogens is 370 g/mol.